The van der Waals surface area contributed by atoms with Crippen molar-refractivity contribution < 1.29 is 23.7 Å². The molecule has 220 valence electrons. The lowest BCUT2D eigenvalue weighted by atomic mass is 9.93. The molecule has 6 heteroatoms. The third-order valence-corrected chi connectivity index (χ3v) is 13.2. The van der Waals surface area contributed by atoms with Gasteiger partial charge in [-0.05, 0) is 40.0 Å². The van der Waals surface area contributed by atoms with E-state index in [1.165, 1.54) is 10.4 Å². The molecule has 0 amide bonds. The number of hydrogen-bond acceptors (Lipinski definition) is 5. The third-order valence-electron chi connectivity index (χ3n) is 8.17. The van der Waals surface area contributed by atoms with Crippen LogP contribution in [0.2, 0.25) is 5.04 Å². The Bertz CT molecular complexity index is 1180. The van der Waals surface area contributed by atoms with Crippen molar-refractivity contribution in [2.75, 3.05) is 13.7 Å². The van der Waals surface area contributed by atoms with Crippen LogP contribution < -0.4 is 15.1 Å². The molecule has 1 heterocycles. The molecule has 1 aliphatic heterocycles. The Kier molecular flexibility index (Phi) is 10.6. The molecular weight excluding hydrogens is 528 g/mol. The topological polar surface area (TPSA) is 60.5 Å². The molecule has 0 bridgehead atoms. The Balaban J connectivity index is 1.69. The fourth-order valence-corrected chi connectivity index (χ4v) is 10.5. The van der Waals surface area contributed by atoms with Crippen LogP contribution >= 0.6 is 0 Å². The highest BCUT2D eigenvalue weighted by molar-refractivity contribution is 6.99. The summed E-state index contributed by atoms with van der Waals surface area (Å²) in [6.07, 6.45) is 4.50. The Labute approximate surface area is 247 Å². The average Bonchev–Trinajstić information content (AvgIpc) is 3.75. The summed E-state index contributed by atoms with van der Waals surface area (Å²) in [6.45, 7) is 11.7. The predicted octanol–water partition coefficient (Wildman–Crippen LogP) is 5.89. The molecule has 3 aromatic carbocycles. The summed E-state index contributed by atoms with van der Waals surface area (Å²) in [5.41, 5.74) is 1.08. The molecule has 41 heavy (non-hydrogen) atoms. The van der Waals surface area contributed by atoms with Crippen LogP contribution in [0, 0.1) is 5.92 Å². The maximum Gasteiger partial charge on any atom is 0.261 e. The number of aliphatic hydroxyl groups excluding tert-OH is 1. The van der Waals surface area contributed by atoms with E-state index in [0.717, 1.165) is 11.3 Å². The minimum atomic E-state index is -2.79. The van der Waals surface area contributed by atoms with E-state index in [4.69, 9.17) is 18.6 Å². The van der Waals surface area contributed by atoms with Gasteiger partial charge in [0.25, 0.3) is 8.32 Å². The van der Waals surface area contributed by atoms with Crippen LogP contribution in [0.15, 0.2) is 97.1 Å². The van der Waals surface area contributed by atoms with Crippen molar-refractivity contribution in [3.05, 3.63) is 103 Å². The van der Waals surface area contributed by atoms with Crippen molar-refractivity contribution in [3.8, 4) is 5.75 Å². The minimum absolute atomic E-state index is 0.0116. The van der Waals surface area contributed by atoms with Gasteiger partial charge in [-0.1, -0.05) is 113 Å². The number of allylic oxidation sites excluding steroid dienone is 1. The summed E-state index contributed by atoms with van der Waals surface area (Å²) in [7, 11) is -1.12. The van der Waals surface area contributed by atoms with Gasteiger partial charge in [-0.25, -0.2) is 0 Å². The van der Waals surface area contributed by atoms with Crippen molar-refractivity contribution >= 4 is 18.7 Å². The maximum absolute atomic E-state index is 9.67. The molecule has 1 saturated heterocycles. The average molecular weight is 575 g/mol. The highest BCUT2D eigenvalue weighted by Gasteiger charge is 2.52. The standard InChI is InChI=1S/C35H46O5Si/c1-7-14-31(40-41(35(3,4)5,29-15-10-8-11-16-29)30-17-12-9-13-18-30)26(2)32(23-33-34(24-36)39-33)38-25-27-19-21-28(37-6)22-20-27/h7-22,26,31-34,36H,23-25H2,1-6H3/b14-7+/t26-,31+,32-,33-,34-/m0/s1. The molecule has 0 saturated carbocycles. The molecule has 0 aromatic heterocycles. The quantitative estimate of drug-likeness (QED) is 0.148. The number of methoxy groups -OCH3 is 1. The van der Waals surface area contributed by atoms with Crippen LogP contribution in [0.5, 0.6) is 5.75 Å². The van der Waals surface area contributed by atoms with Crippen LogP contribution in [-0.4, -0.2) is 51.6 Å². The van der Waals surface area contributed by atoms with Crippen LogP contribution in [-0.2, 0) is 20.5 Å². The molecule has 0 spiro atoms. The molecule has 0 aliphatic carbocycles. The lowest BCUT2D eigenvalue weighted by molar-refractivity contribution is -0.0305. The highest BCUT2D eigenvalue weighted by Crippen LogP contribution is 2.40. The second-order valence-electron chi connectivity index (χ2n) is 12.0. The lowest BCUT2D eigenvalue weighted by Gasteiger charge is -2.46. The summed E-state index contributed by atoms with van der Waals surface area (Å²) in [5.74, 6) is 0.845. The fraction of sp³-hybridized carbons (Fsp3) is 0.429. The van der Waals surface area contributed by atoms with Crippen molar-refractivity contribution in [3.63, 3.8) is 0 Å². The molecule has 0 unspecified atom stereocenters. The Morgan fingerprint density at radius 2 is 1.49 bits per heavy atom. The minimum Gasteiger partial charge on any atom is -0.497 e. The van der Waals surface area contributed by atoms with Crippen molar-refractivity contribution in [2.45, 2.75) is 77.1 Å². The number of rotatable bonds is 14. The fourth-order valence-electron chi connectivity index (χ4n) is 5.75. The van der Waals surface area contributed by atoms with Crippen LogP contribution in [0.1, 0.15) is 46.6 Å². The number of hydrogen-bond donors (Lipinski definition) is 1. The van der Waals surface area contributed by atoms with Gasteiger partial charge in [0.15, 0.2) is 0 Å². The summed E-state index contributed by atoms with van der Waals surface area (Å²) in [5, 5.41) is 12.0. The van der Waals surface area contributed by atoms with E-state index in [9.17, 15) is 5.11 Å². The van der Waals surface area contributed by atoms with Gasteiger partial charge >= 0.3 is 0 Å². The summed E-state index contributed by atoms with van der Waals surface area (Å²) in [4.78, 5) is 0. The summed E-state index contributed by atoms with van der Waals surface area (Å²) < 4.78 is 25.3. The lowest BCUT2D eigenvalue weighted by Crippen LogP contribution is -2.68. The molecule has 4 rings (SSSR count). The number of benzene rings is 3. The molecule has 3 aromatic rings. The van der Waals surface area contributed by atoms with E-state index >= 15 is 0 Å². The number of epoxide rings is 1. The largest absolute Gasteiger partial charge is 0.497 e. The van der Waals surface area contributed by atoms with E-state index in [2.05, 4.69) is 101 Å². The van der Waals surface area contributed by atoms with Crippen molar-refractivity contribution in [1.29, 1.82) is 0 Å². The Hall–Kier alpha value is -2.74. The summed E-state index contributed by atoms with van der Waals surface area (Å²) in [6, 6.07) is 29.5. The maximum atomic E-state index is 9.67. The molecule has 1 fully saturated rings. The van der Waals surface area contributed by atoms with E-state index in [-0.39, 0.29) is 42.0 Å². The zero-order chi connectivity index (χ0) is 29.5. The smallest absolute Gasteiger partial charge is 0.261 e. The van der Waals surface area contributed by atoms with Crippen LogP contribution in [0.25, 0.3) is 0 Å². The van der Waals surface area contributed by atoms with Gasteiger partial charge in [0.05, 0.1) is 38.6 Å². The predicted molar refractivity (Wildman–Crippen MR) is 168 cm³/mol. The van der Waals surface area contributed by atoms with E-state index in [0.29, 0.717) is 13.0 Å². The monoisotopic (exact) mass is 574 g/mol. The summed E-state index contributed by atoms with van der Waals surface area (Å²) >= 11 is 0. The Morgan fingerprint density at radius 3 is 1.95 bits per heavy atom. The van der Waals surface area contributed by atoms with Gasteiger partial charge in [0, 0.05) is 12.3 Å². The number of ether oxygens (including phenoxy) is 3. The highest BCUT2D eigenvalue weighted by atomic mass is 28.4. The van der Waals surface area contributed by atoms with Gasteiger partial charge in [-0.2, -0.15) is 0 Å². The zero-order valence-electron chi connectivity index (χ0n) is 25.3. The van der Waals surface area contributed by atoms with Gasteiger partial charge in [-0.15, -0.1) is 0 Å². The molecular formula is C35H46O5Si. The first-order valence-electron chi connectivity index (χ1n) is 14.7. The molecule has 5 atom stereocenters. The van der Waals surface area contributed by atoms with Crippen LogP contribution in [0.4, 0.5) is 0 Å². The zero-order valence-corrected chi connectivity index (χ0v) is 26.3. The first-order valence-corrected chi connectivity index (χ1v) is 16.6. The molecule has 0 radical (unpaired) electrons. The van der Waals surface area contributed by atoms with Crippen molar-refractivity contribution in [1.82, 2.24) is 0 Å². The van der Waals surface area contributed by atoms with Gasteiger partial charge in [0.1, 0.15) is 11.9 Å². The molecule has 1 aliphatic rings. The normalized spacial score (nSPS) is 19.6. The Morgan fingerprint density at radius 1 is 0.902 bits per heavy atom. The van der Waals surface area contributed by atoms with Crippen LogP contribution in [0.3, 0.4) is 0 Å². The van der Waals surface area contributed by atoms with E-state index < -0.39 is 8.32 Å². The van der Waals surface area contributed by atoms with Gasteiger partial charge in [0.2, 0.25) is 0 Å². The van der Waals surface area contributed by atoms with Gasteiger partial charge < -0.3 is 23.7 Å². The van der Waals surface area contributed by atoms with Gasteiger partial charge in [-0.3, -0.25) is 0 Å². The van der Waals surface area contributed by atoms with E-state index in [1.54, 1.807) is 7.11 Å². The first kappa shape index (κ1) is 31.2. The second kappa shape index (κ2) is 13.9. The first-order chi connectivity index (χ1) is 19.7. The van der Waals surface area contributed by atoms with Crippen molar-refractivity contribution in [2.24, 2.45) is 5.92 Å². The SMILES string of the molecule is C/C=C/[C@@H](O[Si](c1ccccc1)(c1ccccc1)C(C)(C)C)[C@H](C)[C@H](C[C@@H]1O[C@H]1CO)OCc1ccc(OC)cc1. The third kappa shape index (κ3) is 7.37. The second-order valence-corrected chi connectivity index (χ2v) is 16.2. The van der Waals surface area contributed by atoms with E-state index in [1.807, 2.05) is 31.2 Å². The number of aliphatic hydroxyl groups is 1. The molecule has 1 N–H and O–H groups in total. The molecule has 5 nitrogen and oxygen atoms in total.